The van der Waals surface area contributed by atoms with Gasteiger partial charge in [0.1, 0.15) is 5.76 Å². The number of sulfone groups is 1. The SMILES string of the molecule is CCS(=O)(=O)c1ncc(N(Cc2ccco2)Cc2cccs2)c(C(=O)Nc2ccccc2C)n1. The first-order valence-electron chi connectivity index (χ1n) is 10.6. The van der Waals surface area contributed by atoms with Crippen molar-refractivity contribution >= 4 is 38.5 Å². The van der Waals surface area contributed by atoms with E-state index in [0.29, 0.717) is 30.2 Å². The number of nitrogens with one attached hydrogen (secondary N) is 1. The van der Waals surface area contributed by atoms with Gasteiger partial charge in [0.15, 0.2) is 5.69 Å². The van der Waals surface area contributed by atoms with Gasteiger partial charge in [-0.25, -0.2) is 18.4 Å². The van der Waals surface area contributed by atoms with Crippen LogP contribution in [-0.2, 0) is 22.9 Å². The second-order valence-electron chi connectivity index (χ2n) is 7.57. The molecule has 0 bridgehead atoms. The number of hydrogen-bond acceptors (Lipinski definition) is 8. The molecule has 0 saturated carbocycles. The number of nitrogens with zero attached hydrogens (tertiary/aromatic N) is 3. The molecule has 0 aliphatic carbocycles. The minimum absolute atomic E-state index is 0.0200. The summed E-state index contributed by atoms with van der Waals surface area (Å²) in [6, 6.07) is 14.9. The van der Waals surface area contributed by atoms with Crippen molar-refractivity contribution in [3.8, 4) is 0 Å². The molecule has 10 heteroatoms. The largest absolute Gasteiger partial charge is 0.467 e. The van der Waals surface area contributed by atoms with E-state index in [-0.39, 0.29) is 16.6 Å². The van der Waals surface area contributed by atoms with Crippen LogP contribution in [0, 0.1) is 6.92 Å². The van der Waals surface area contributed by atoms with Crippen molar-refractivity contribution < 1.29 is 17.6 Å². The summed E-state index contributed by atoms with van der Waals surface area (Å²) in [7, 11) is -3.71. The second-order valence-corrected chi connectivity index (χ2v) is 10.8. The Balaban J connectivity index is 1.79. The Morgan fingerprint density at radius 3 is 2.62 bits per heavy atom. The molecule has 34 heavy (non-hydrogen) atoms. The van der Waals surface area contributed by atoms with E-state index in [1.165, 1.54) is 13.1 Å². The maximum absolute atomic E-state index is 13.4. The highest BCUT2D eigenvalue weighted by Crippen LogP contribution is 2.27. The summed E-state index contributed by atoms with van der Waals surface area (Å²) in [5.41, 5.74) is 1.88. The summed E-state index contributed by atoms with van der Waals surface area (Å²) in [6.45, 7) is 4.20. The Labute approximate surface area is 202 Å². The highest BCUT2D eigenvalue weighted by atomic mass is 32.2. The molecule has 4 rings (SSSR count). The van der Waals surface area contributed by atoms with Crippen LogP contribution in [0.15, 0.2) is 75.9 Å². The lowest BCUT2D eigenvalue weighted by molar-refractivity contribution is 0.102. The third kappa shape index (κ3) is 5.35. The molecular formula is C24H24N4O4S2. The van der Waals surface area contributed by atoms with Gasteiger partial charge in [-0.15, -0.1) is 11.3 Å². The van der Waals surface area contributed by atoms with E-state index in [0.717, 1.165) is 10.4 Å². The van der Waals surface area contributed by atoms with Gasteiger partial charge in [0, 0.05) is 10.6 Å². The molecule has 4 aromatic rings. The molecule has 176 valence electrons. The Morgan fingerprint density at radius 2 is 1.94 bits per heavy atom. The molecule has 1 aromatic carbocycles. The van der Waals surface area contributed by atoms with E-state index in [4.69, 9.17) is 4.42 Å². The molecule has 8 nitrogen and oxygen atoms in total. The van der Waals surface area contributed by atoms with Crippen molar-refractivity contribution in [3.63, 3.8) is 0 Å². The Bertz CT molecular complexity index is 1330. The summed E-state index contributed by atoms with van der Waals surface area (Å²) in [5.74, 6) is -0.00166. The number of carbonyl (C=O) groups excluding carboxylic acids is 1. The highest BCUT2D eigenvalue weighted by molar-refractivity contribution is 7.91. The minimum atomic E-state index is -3.71. The predicted octanol–water partition coefficient (Wildman–Crippen LogP) is 4.69. The summed E-state index contributed by atoms with van der Waals surface area (Å²) in [5, 5.41) is 4.46. The fourth-order valence-electron chi connectivity index (χ4n) is 3.34. The third-order valence-electron chi connectivity index (χ3n) is 5.21. The first-order valence-corrected chi connectivity index (χ1v) is 13.2. The van der Waals surface area contributed by atoms with E-state index in [1.54, 1.807) is 29.7 Å². The number of aryl methyl sites for hydroxylation is 1. The van der Waals surface area contributed by atoms with Gasteiger partial charge in [0.25, 0.3) is 5.91 Å². The maximum atomic E-state index is 13.4. The van der Waals surface area contributed by atoms with E-state index in [1.807, 2.05) is 53.6 Å². The predicted molar refractivity (Wildman–Crippen MR) is 132 cm³/mol. The zero-order valence-corrected chi connectivity index (χ0v) is 20.4. The molecule has 3 aromatic heterocycles. The number of benzene rings is 1. The average Bonchev–Trinajstić information content (AvgIpc) is 3.54. The number of rotatable bonds is 9. The summed E-state index contributed by atoms with van der Waals surface area (Å²) in [4.78, 5) is 24.7. The fourth-order valence-corrected chi connectivity index (χ4v) is 4.76. The lowest BCUT2D eigenvalue weighted by atomic mass is 10.2. The van der Waals surface area contributed by atoms with Crippen molar-refractivity contribution in [2.45, 2.75) is 32.1 Å². The standard InChI is InChI=1S/C24H24N4O4S2/c1-3-34(30,31)24-25-14-21(22(27-24)23(29)26-20-11-5-4-8-17(20)2)28(15-18-9-6-12-32-18)16-19-10-7-13-33-19/h4-14H,3,15-16H2,1-2H3,(H,26,29). The lowest BCUT2D eigenvalue weighted by Crippen LogP contribution is -2.27. The summed E-state index contributed by atoms with van der Waals surface area (Å²) >= 11 is 1.58. The first kappa shape index (κ1) is 23.7. The number of anilines is 2. The molecule has 1 amide bonds. The van der Waals surface area contributed by atoms with Crippen molar-refractivity contribution in [1.29, 1.82) is 0 Å². The number of aromatic nitrogens is 2. The Hall–Kier alpha value is -3.50. The number of furan rings is 1. The van der Waals surface area contributed by atoms with E-state index < -0.39 is 15.7 Å². The van der Waals surface area contributed by atoms with E-state index >= 15 is 0 Å². The van der Waals surface area contributed by atoms with Gasteiger partial charge >= 0.3 is 0 Å². The molecule has 3 heterocycles. The summed E-state index contributed by atoms with van der Waals surface area (Å²) < 4.78 is 30.5. The van der Waals surface area contributed by atoms with Crippen LogP contribution in [0.1, 0.15) is 33.6 Å². The van der Waals surface area contributed by atoms with Crippen LogP contribution in [-0.4, -0.2) is 30.0 Å². The van der Waals surface area contributed by atoms with Crippen LogP contribution in [0.3, 0.4) is 0 Å². The van der Waals surface area contributed by atoms with Crippen molar-refractivity contribution in [3.05, 3.63) is 88.3 Å². The Morgan fingerprint density at radius 1 is 1.12 bits per heavy atom. The maximum Gasteiger partial charge on any atom is 0.276 e. The lowest BCUT2D eigenvalue weighted by Gasteiger charge is -2.25. The molecule has 0 spiro atoms. The van der Waals surface area contributed by atoms with Crippen molar-refractivity contribution in [2.24, 2.45) is 0 Å². The van der Waals surface area contributed by atoms with Crippen LogP contribution in [0.5, 0.6) is 0 Å². The van der Waals surface area contributed by atoms with Gasteiger partial charge in [-0.1, -0.05) is 31.2 Å². The monoisotopic (exact) mass is 496 g/mol. The highest BCUT2D eigenvalue weighted by Gasteiger charge is 2.25. The molecular weight excluding hydrogens is 472 g/mol. The van der Waals surface area contributed by atoms with Gasteiger partial charge < -0.3 is 14.6 Å². The topological polar surface area (TPSA) is 105 Å². The number of carbonyl (C=O) groups is 1. The average molecular weight is 497 g/mol. The van der Waals surface area contributed by atoms with Crippen LogP contribution in [0.2, 0.25) is 0 Å². The molecule has 0 fully saturated rings. The molecule has 0 atom stereocenters. The molecule has 1 N–H and O–H groups in total. The van der Waals surface area contributed by atoms with E-state index in [2.05, 4.69) is 15.3 Å². The summed E-state index contributed by atoms with van der Waals surface area (Å²) in [6.07, 6.45) is 2.98. The molecule has 0 radical (unpaired) electrons. The fraction of sp³-hybridized carbons (Fsp3) is 0.208. The van der Waals surface area contributed by atoms with Crippen molar-refractivity contribution in [1.82, 2.24) is 9.97 Å². The van der Waals surface area contributed by atoms with Crippen LogP contribution >= 0.6 is 11.3 Å². The second kappa shape index (κ2) is 10.2. The van der Waals surface area contributed by atoms with Gasteiger partial charge in [-0.05, 0) is 42.1 Å². The molecule has 0 aliphatic heterocycles. The number of para-hydroxylation sites is 1. The van der Waals surface area contributed by atoms with Crippen LogP contribution < -0.4 is 10.2 Å². The smallest absolute Gasteiger partial charge is 0.276 e. The quantitative estimate of drug-likeness (QED) is 0.335. The Kier molecular flexibility index (Phi) is 7.09. The van der Waals surface area contributed by atoms with Crippen LogP contribution in [0.25, 0.3) is 0 Å². The molecule has 0 saturated heterocycles. The van der Waals surface area contributed by atoms with E-state index in [9.17, 15) is 13.2 Å². The molecule has 0 aliphatic rings. The van der Waals surface area contributed by atoms with Gasteiger partial charge in [0.05, 0.1) is 37.0 Å². The normalized spacial score (nSPS) is 11.4. The number of thiophene rings is 1. The van der Waals surface area contributed by atoms with Crippen molar-refractivity contribution in [2.75, 3.05) is 16.0 Å². The third-order valence-corrected chi connectivity index (χ3v) is 7.58. The zero-order chi connectivity index (χ0) is 24.1. The first-order chi connectivity index (χ1) is 16.4. The number of hydrogen-bond donors (Lipinski definition) is 1. The van der Waals surface area contributed by atoms with Gasteiger partial charge in [-0.2, -0.15) is 0 Å². The van der Waals surface area contributed by atoms with Crippen LogP contribution in [0.4, 0.5) is 11.4 Å². The zero-order valence-electron chi connectivity index (χ0n) is 18.8. The molecule has 0 unspecified atom stereocenters. The van der Waals surface area contributed by atoms with Gasteiger partial charge in [0.2, 0.25) is 15.0 Å². The number of amides is 1. The van der Waals surface area contributed by atoms with Gasteiger partial charge in [-0.3, -0.25) is 4.79 Å². The minimum Gasteiger partial charge on any atom is -0.467 e.